The molecule has 1 aliphatic heterocycles. The molecule has 1 aliphatic rings. The number of halogens is 1. The van der Waals surface area contributed by atoms with Crippen molar-refractivity contribution in [3.63, 3.8) is 0 Å². The Morgan fingerprint density at radius 2 is 1.82 bits per heavy atom. The van der Waals surface area contributed by atoms with Crippen LogP contribution in [0.4, 0.5) is 4.79 Å². The second kappa shape index (κ2) is 5.21. The third kappa shape index (κ3) is 4.06. The Morgan fingerprint density at radius 3 is 2.27 bits per heavy atom. The molecule has 66 valence electrons. The Morgan fingerprint density at radius 1 is 1.27 bits per heavy atom. The van der Waals surface area contributed by atoms with E-state index in [1.54, 1.807) is 0 Å². The molecular weight excluding hydrogens is 166 g/mol. The number of carbonyl (C=O) groups excluding carboxylic acids is 1. The van der Waals surface area contributed by atoms with Crippen LogP contribution < -0.4 is 11.2 Å². The summed E-state index contributed by atoms with van der Waals surface area (Å²) in [5.74, 6) is 0. The van der Waals surface area contributed by atoms with Crippen molar-refractivity contribution in [3.8, 4) is 0 Å². The first kappa shape index (κ1) is 10.5. The minimum absolute atomic E-state index is 0. The Hall–Kier alpha value is -0.480. The number of primary amides is 1. The average Bonchev–Trinajstić information content (AvgIpc) is 1.88. The molecule has 0 aromatic carbocycles. The van der Waals surface area contributed by atoms with Gasteiger partial charge in [0.05, 0.1) is 0 Å². The predicted molar refractivity (Wildman–Crippen MR) is 45.4 cm³/mol. The number of hydrogen-bond acceptors (Lipinski definition) is 2. The molecule has 0 atom stereocenters. The Labute approximate surface area is 72.5 Å². The fourth-order valence-electron chi connectivity index (χ4n) is 1.16. The van der Waals surface area contributed by atoms with Crippen LogP contribution in [0.15, 0.2) is 0 Å². The number of hydrogen-bond donors (Lipinski definition) is 2. The zero-order chi connectivity index (χ0) is 7.40. The maximum atomic E-state index is 10.3. The van der Waals surface area contributed by atoms with Crippen molar-refractivity contribution >= 4 is 18.4 Å². The first-order valence-electron chi connectivity index (χ1n) is 3.60. The minimum Gasteiger partial charge on any atom is -0.351 e. The van der Waals surface area contributed by atoms with Crippen molar-refractivity contribution in [3.05, 3.63) is 0 Å². The lowest BCUT2D eigenvalue weighted by molar-refractivity contribution is 0.160. The molecule has 1 rings (SSSR count). The molecule has 0 bridgehead atoms. The second-order valence-corrected chi connectivity index (χ2v) is 2.52. The molecule has 1 heterocycles. The monoisotopic (exact) mass is 179 g/mol. The van der Waals surface area contributed by atoms with Gasteiger partial charge in [0, 0.05) is 13.1 Å². The van der Waals surface area contributed by atoms with E-state index in [9.17, 15) is 4.79 Å². The molecule has 0 unspecified atom stereocenters. The van der Waals surface area contributed by atoms with Gasteiger partial charge in [0.1, 0.15) is 0 Å². The molecular formula is C6H14ClN3O. The van der Waals surface area contributed by atoms with Gasteiger partial charge >= 0.3 is 6.03 Å². The van der Waals surface area contributed by atoms with E-state index in [0.29, 0.717) is 0 Å². The minimum atomic E-state index is -0.457. The van der Waals surface area contributed by atoms with Crippen LogP contribution in [-0.4, -0.2) is 24.1 Å². The number of piperidine rings is 1. The van der Waals surface area contributed by atoms with E-state index in [4.69, 9.17) is 5.73 Å². The third-order valence-electron chi connectivity index (χ3n) is 1.62. The van der Waals surface area contributed by atoms with E-state index in [1.165, 1.54) is 6.42 Å². The highest BCUT2D eigenvalue weighted by Crippen LogP contribution is 2.04. The molecule has 1 saturated heterocycles. The number of rotatable bonds is 1. The normalized spacial score (nSPS) is 18.5. The second-order valence-electron chi connectivity index (χ2n) is 2.52. The first-order chi connectivity index (χ1) is 4.79. The lowest BCUT2D eigenvalue weighted by Gasteiger charge is -2.25. The van der Waals surface area contributed by atoms with Gasteiger partial charge in [-0.2, -0.15) is 0 Å². The fraction of sp³-hybridized carbons (Fsp3) is 0.833. The van der Waals surface area contributed by atoms with Crippen molar-refractivity contribution in [1.29, 1.82) is 0 Å². The quantitative estimate of drug-likeness (QED) is 0.615. The van der Waals surface area contributed by atoms with E-state index < -0.39 is 6.03 Å². The molecule has 3 N–H and O–H groups in total. The zero-order valence-corrected chi connectivity index (χ0v) is 7.19. The van der Waals surface area contributed by atoms with Crippen molar-refractivity contribution in [2.75, 3.05) is 13.1 Å². The average molecular weight is 180 g/mol. The Bertz CT molecular complexity index is 125. The Kier molecular flexibility index (Phi) is 4.98. The largest absolute Gasteiger partial charge is 0.351 e. The molecule has 0 radical (unpaired) electrons. The summed E-state index contributed by atoms with van der Waals surface area (Å²) < 4.78 is 0. The summed E-state index contributed by atoms with van der Waals surface area (Å²) in [5, 5.41) is 1.87. The number of nitrogens with zero attached hydrogens (tertiary/aromatic N) is 1. The number of nitrogens with one attached hydrogen (secondary N) is 1. The van der Waals surface area contributed by atoms with E-state index in [0.717, 1.165) is 25.9 Å². The molecule has 5 heteroatoms. The summed E-state index contributed by atoms with van der Waals surface area (Å²) in [6, 6.07) is -0.457. The predicted octanol–water partition coefficient (Wildman–Crippen LogP) is 0.477. The summed E-state index contributed by atoms with van der Waals surface area (Å²) in [4.78, 5) is 10.3. The van der Waals surface area contributed by atoms with Gasteiger partial charge in [0.25, 0.3) is 0 Å². The fourth-order valence-corrected chi connectivity index (χ4v) is 1.16. The lowest BCUT2D eigenvalue weighted by atomic mass is 10.2. The van der Waals surface area contributed by atoms with Crippen LogP contribution in [0.3, 0.4) is 0 Å². The standard InChI is InChI=1S/C6H13N3O.ClH/c7-6(10)8-9-4-2-1-3-5-9;/h1-5H2,(H3,7,8,10);1H. The molecule has 0 aromatic rings. The van der Waals surface area contributed by atoms with Gasteiger partial charge in [-0.25, -0.2) is 9.80 Å². The summed E-state index contributed by atoms with van der Waals surface area (Å²) in [7, 11) is 0. The molecule has 11 heavy (non-hydrogen) atoms. The lowest BCUT2D eigenvalue weighted by Crippen LogP contribution is -2.47. The smallest absolute Gasteiger partial charge is 0.326 e. The van der Waals surface area contributed by atoms with Gasteiger partial charge in [-0.15, -0.1) is 12.4 Å². The van der Waals surface area contributed by atoms with E-state index in [1.807, 2.05) is 5.01 Å². The number of amides is 2. The highest BCUT2D eigenvalue weighted by molar-refractivity contribution is 5.85. The molecule has 2 amide bonds. The molecule has 0 saturated carbocycles. The summed E-state index contributed by atoms with van der Waals surface area (Å²) in [6.07, 6.45) is 3.57. The van der Waals surface area contributed by atoms with Crippen molar-refractivity contribution in [2.45, 2.75) is 19.3 Å². The van der Waals surface area contributed by atoms with Gasteiger partial charge in [0.2, 0.25) is 0 Å². The van der Waals surface area contributed by atoms with Crippen molar-refractivity contribution in [1.82, 2.24) is 10.4 Å². The molecule has 4 nitrogen and oxygen atoms in total. The Balaban J connectivity index is 0.000001000. The zero-order valence-electron chi connectivity index (χ0n) is 6.38. The number of hydrazine groups is 1. The van der Waals surface area contributed by atoms with Gasteiger partial charge < -0.3 is 5.73 Å². The summed E-state index contributed by atoms with van der Waals surface area (Å²) in [6.45, 7) is 1.87. The van der Waals surface area contributed by atoms with Crippen LogP contribution in [0.1, 0.15) is 19.3 Å². The number of nitrogens with two attached hydrogens (primary N) is 1. The number of urea groups is 1. The van der Waals surface area contributed by atoms with Crippen LogP contribution >= 0.6 is 12.4 Å². The molecule has 1 fully saturated rings. The summed E-state index contributed by atoms with van der Waals surface area (Å²) in [5.41, 5.74) is 7.49. The van der Waals surface area contributed by atoms with Crippen LogP contribution in [0, 0.1) is 0 Å². The molecule has 0 spiro atoms. The van der Waals surface area contributed by atoms with Gasteiger partial charge in [-0.1, -0.05) is 6.42 Å². The maximum absolute atomic E-state index is 10.3. The van der Waals surface area contributed by atoms with Crippen LogP contribution in [0.5, 0.6) is 0 Å². The van der Waals surface area contributed by atoms with Crippen molar-refractivity contribution < 1.29 is 4.79 Å². The molecule has 0 aromatic heterocycles. The van der Waals surface area contributed by atoms with Gasteiger partial charge in [0.15, 0.2) is 0 Å². The van der Waals surface area contributed by atoms with Gasteiger partial charge in [-0.05, 0) is 12.8 Å². The van der Waals surface area contributed by atoms with E-state index >= 15 is 0 Å². The SMILES string of the molecule is Cl.NC(=O)NN1CCCCC1. The topological polar surface area (TPSA) is 58.4 Å². The first-order valence-corrected chi connectivity index (χ1v) is 3.60. The van der Waals surface area contributed by atoms with Crippen LogP contribution in [-0.2, 0) is 0 Å². The number of carbonyl (C=O) groups is 1. The van der Waals surface area contributed by atoms with Crippen LogP contribution in [0.2, 0.25) is 0 Å². The van der Waals surface area contributed by atoms with Crippen molar-refractivity contribution in [2.24, 2.45) is 5.73 Å². The highest BCUT2D eigenvalue weighted by Gasteiger charge is 2.09. The maximum Gasteiger partial charge on any atom is 0.326 e. The van der Waals surface area contributed by atoms with Crippen LogP contribution in [0.25, 0.3) is 0 Å². The van der Waals surface area contributed by atoms with Gasteiger partial charge in [-0.3, -0.25) is 5.43 Å². The molecule has 0 aliphatic carbocycles. The van der Waals surface area contributed by atoms with E-state index in [2.05, 4.69) is 5.43 Å². The highest BCUT2D eigenvalue weighted by atomic mass is 35.5. The third-order valence-corrected chi connectivity index (χ3v) is 1.62. The summed E-state index contributed by atoms with van der Waals surface area (Å²) >= 11 is 0. The van der Waals surface area contributed by atoms with E-state index in [-0.39, 0.29) is 12.4 Å².